The van der Waals surface area contributed by atoms with Crippen molar-refractivity contribution in [2.24, 2.45) is 0 Å². The van der Waals surface area contributed by atoms with E-state index in [-0.39, 0.29) is 11.7 Å². The van der Waals surface area contributed by atoms with Crippen molar-refractivity contribution in [2.45, 2.75) is 25.3 Å². The molecule has 1 aromatic carbocycles. The molecule has 1 aliphatic heterocycles. The van der Waals surface area contributed by atoms with Crippen molar-refractivity contribution in [1.82, 2.24) is 9.97 Å². The molecule has 1 unspecified atom stereocenters. The maximum Gasteiger partial charge on any atom is 0.161 e. The Morgan fingerprint density at radius 2 is 2.18 bits per heavy atom. The van der Waals surface area contributed by atoms with Gasteiger partial charge in [0, 0.05) is 12.6 Å². The van der Waals surface area contributed by atoms with Crippen LogP contribution in [0.3, 0.4) is 0 Å². The van der Waals surface area contributed by atoms with E-state index in [0.717, 1.165) is 31.5 Å². The normalized spacial score (nSPS) is 17.5. The molecule has 1 fully saturated rings. The number of nitriles is 1. The maximum atomic E-state index is 13.8. The summed E-state index contributed by atoms with van der Waals surface area (Å²) in [6.07, 6.45) is 5.22. The number of rotatable bonds is 3. The predicted octanol–water partition coefficient (Wildman–Crippen LogP) is 2.84. The first-order valence-electron chi connectivity index (χ1n) is 7.10. The van der Waals surface area contributed by atoms with E-state index in [1.165, 1.54) is 12.3 Å². The molecular weight excluding hydrogens is 286 g/mol. The zero-order valence-corrected chi connectivity index (χ0v) is 11.8. The van der Waals surface area contributed by atoms with Gasteiger partial charge in [-0.1, -0.05) is 0 Å². The Hall–Kier alpha value is -2.55. The first-order valence-corrected chi connectivity index (χ1v) is 7.10. The van der Waals surface area contributed by atoms with Crippen LogP contribution in [0.15, 0.2) is 30.6 Å². The van der Waals surface area contributed by atoms with Crippen molar-refractivity contribution >= 4 is 5.82 Å². The minimum atomic E-state index is -0.438. The molecule has 0 aliphatic carbocycles. The first kappa shape index (κ1) is 14.4. The quantitative estimate of drug-likeness (QED) is 0.874. The Morgan fingerprint density at radius 3 is 3.00 bits per heavy atom. The standard InChI is InChI=1S/C16H14F2N4/c17-12-3-4-15(18)11(6-12)7-14-2-1-5-22(14)16-10-20-9-13(8-19)21-16/h3-4,6,9-10,14H,1-2,5,7H2. The molecule has 1 saturated heterocycles. The third-order valence-corrected chi connectivity index (χ3v) is 3.87. The largest absolute Gasteiger partial charge is 0.352 e. The number of hydrogen-bond acceptors (Lipinski definition) is 4. The molecular formula is C16H14F2N4. The molecule has 1 atom stereocenters. The monoisotopic (exact) mass is 300 g/mol. The van der Waals surface area contributed by atoms with Crippen molar-refractivity contribution in [3.63, 3.8) is 0 Å². The van der Waals surface area contributed by atoms with Crippen LogP contribution >= 0.6 is 0 Å². The summed E-state index contributed by atoms with van der Waals surface area (Å²) in [6, 6.07) is 5.50. The molecule has 112 valence electrons. The summed E-state index contributed by atoms with van der Waals surface area (Å²) in [5.74, 6) is -0.226. The third-order valence-electron chi connectivity index (χ3n) is 3.87. The summed E-state index contributed by atoms with van der Waals surface area (Å²) < 4.78 is 27.1. The van der Waals surface area contributed by atoms with Crippen LogP contribution in [0.25, 0.3) is 0 Å². The number of benzene rings is 1. The highest BCUT2D eigenvalue weighted by atomic mass is 19.1. The number of nitrogens with zero attached hydrogens (tertiary/aromatic N) is 4. The second-order valence-electron chi connectivity index (χ2n) is 5.30. The van der Waals surface area contributed by atoms with Gasteiger partial charge in [0.05, 0.1) is 12.4 Å². The summed E-state index contributed by atoms with van der Waals surface area (Å²) in [4.78, 5) is 10.3. The third kappa shape index (κ3) is 2.89. The van der Waals surface area contributed by atoms with E-state index in [0.29, 0.717) is 17.8 Å². The first-order chi connectivity index (χ1) is 10.7. The molecule has 0 radical (unpaired) electrons. The molecule has 2 heterocycles. The minimum Gasteiger partial charge on any atom is -0.352 e. The van der Waals surface area contributed by atoms with Gasteiger partial charge in [0.15, 0.2) is 5.69 Å². The highest BCUT2D eigenvalue weighted by Gasteiger charge is 2.27. The number of anilines is 1. The number of halogens is 2. The summed E-state index contributed by atoms with van der Waals surface area (Å²) in [5.41, 5.74) is 0.612. The van der Waals surface area contributed by atoms with E-state index in [4.69, 9.17) is 5.26 Å². The van der Waals surface area contributed by atoms with Crippen molar-refractivity contribution in [3.8, 4) is 6.07 Å². The maximum absolute atomic E-state index is 13.8. The van der Waals surface area contributed by atoms with Crippen LogP contribution in [0.2, 0.25) is 0 Å². The van der Waals surface area contributed by atoms with Gasteiger partial charge in [-0.05, 0) is 43.0 Å². The van der Waals surface area contributed by atoms with Crippen LogP contribution in [0, 0.1) is 23.0 Å². The highest BCUT2D eigenvalue weighted by molar-refractivity contribution is 5.41. The molecule has 1 aromatic heterocycles. The van der Waals surface area contributed by atoms with Crippen LogP contribution < -0.4 is 4.90 Å². The van der Waals surface area contributed by atoms with Gasteiger partial charge in [0.2, 0.25) is 0 Å². The zero-order chi connectivity index (χ0) is 15.5. The Bertz CT molecular complexity index is 726. The van der Waals surface area contributed by atoms with Gasteiger partial charge in [0.1, 0.15) is 23.5 Å². The van der Waals surface area contributed by atoms with Gasteiger partial charge in [-0.25, -0.2) is 13.8 Å². The van der Waals surface area contributed by atoms with E-state index >= 15 is 0 Å². The van der Waals surface area contributed by atoms with E-state index < -0.39 is 11.6 Å². The topological polar surface area (TPSA) is 52.8 Å². The lowest BCUT2D eigenvalue weighted by Gasteiger charge is -2.25. The molecule has 0 saturated carbocycles. The molecule has 0 bridgehead atoms. The van der Waals surface area contributed by atoms with Gasteiger partial charge >= 0.3 is 0 Å². The fourth-order valence-corrected chi connectivity index (χ4v) is 2.85. The summed E-state index contributed by atoms with van der Waals surface area (Å²) in [6.45, 7) is 0.769. The Morgan fingerprint density at radius 1 is 1.32 bits per heavy atom. The second-order valence-corrected chi connectivity index (χ2v) is 5.30. The van der Waals surface area contributed by atoms with E-state index in [1.54, 1.807) is 6.20 Å². The van der Waals surface area contributed by atoms with Crippen LogP contribution in [-0.2, 0) is 6.42 Å². The second kappa shape index (κ2) is 6.06. The molecule has 2 aromatic rings. The van der Waals surface area contributed by atoms with Crippen molar-refractivity contribution in [1.29, 1.82) is 5.26 Å². The molecule has 0 amide bonds. The van der Waals surface area contributed by atoms with Crippen LogP contribution in [-0.4, -0.2) is 22.6 Å². The van der Waals surface area contributed by atoms with Gasteiger partial charge in [0.25, 0.3) is 0 Å². The fraction of sp³-hybridized carbons (Fsp3) is 0.312. The Kier molecular flexibility index (Phi) is 3.96. The highest BCUT2D eigenvalue weighted by Crippen LogP contribution is 2.27. The lowest BCUT2D eigenvalue weighted by atomic mass is 10.0. The average molecular weight is 300 g/mol. The smallest absolute Gasteiger partial charge is 0.161 e. The molecule has 0 N–H and O–H groups in total. The lowest BCUT2D eigenvalue weighted by molar-refractivity contribution is 0.565. The molecule has 3 rings (SSSR count). The van der Waals surface area contributed by atoms with Gasteiger partial charge in [-0.3, -0.25) is 4.98 Å². The van der Waals surface area contributed by atoms with Crippen molar-refractivity contribution < 1.29 is 8.78 Å². The molecule has 4 nitrogen and oxygen atoms in total. The van der Waals surface area contributed by atoms with Gasteiger partial charge in [-0.2, -0.15) is 5.26 Å². The average Bonchev–Trinajstić information content (AvgIpc) is 2.99. The summed E-state index contributed by atoms with van der Waals surface area (Å²) >= 11 is 0. The molecule has 22 heavy (non-hydrogen) atoms. The van der Waals surface area contributed by atoms with Crippen molar-refractivity contribution in [3.05, 3.63) is 53.5 Å². The molecule has 0 spiro atoms. The lowest BCUT2D eigenvalue weighted by Crippen LogP contribution is -2.32. The summed E-state index contributed by atoms with van der Waals surface area (Å²) in [7, 11) is 0. The van der Waals surface area contributed by atoms with E-state index in [1.807, 2.05) is 11.0 Å². The zero-order valence-electron chi connectivity index (χ0n) is 11.8. The Balaban J connectivity index is 1.84. The number of aromatic nitrogens is 2. The van der Waals surface area contributed by atoms with Gasteiger partial charge < -0.3 is 4.90 Å². The Labute approximate surface area is 127 Å². The van der Waals surface area contributed by atoms with Crippen LogP contribution in [0.1, 0.15) is 24.1 Å². The van der Waals surface area contributed by atoms with E-state index in [2.05, 4.69) is 9.97 Å². The SMILES string of the molecule is N#Cc1cncc(N2CCCC2Cc2cc(F)ccc2F)n1. The van der Waals surface area contributed by atoms with Crippen molar-refractivity contribution in [2.75, 3.05) is 11.4 Å². The van der Waals surface area contributed by atoms with Crippen LogP contribution in [0.4, 0.5) is 14.6 Å². The minimum absolute atomic E-state index is 0.0274. The van der Waals surface area contributed by atoms with E-state index in [9.17, 15) is 8.78 Å². The predicted molar refractivity (Wildman–Crippen MR) is 77.2 cm³/mol. The van der Waals surface area contributed by atoms with Crippen LogP contribution in [0.5, 0.6) is 0 Å². The van der Waals surface area contributed by atoms with Gasteiger partial charge in [-0.15, -0.1) is 0 Å². The fourth-order valence-electron chi connectivity index (χ4n) is 2.85. The number of hydrogen-bond donors (Lipinski definition) is 0. The molecule has 6 heteroatoms. The summed E-state index contributed by atoms with van der Waals surface area (Å²) in [5, 5.41) is 8.91. The molecule has 1 aliphatic rings.